The van der Waals surface area contributed by atoms with Crippen molar-refractivity contribution in [2.75, 3.05) is 10.6 Å². The van der Waals surface area contributed by atoms with Gasteiger partial charge in [-0.25, -0.2) is 9.50 Å². The summed E-state index contributed by atoms with van der Waals surface area (Å²) < 4.78 is 1.65. The monoisotopic (exact) mass is 485 g/mol. The first-order valence-corrected chi connectivity index (χ1v) is 11.8. The summed E-state index contributed by atoms with van der Waals surface area (Å²) in [4.78, 5) is 17.4. The zero-order valence-corrected chi connectivity index (χ0v) is 20.3. The summed E-state index contributed by atoms with van der Waals surface area (Å²) in [7, 11) is 0. The molecule has 6 aromatic rings. The largest absolute Gasteiger partial charge is 0.355 e. The van der Waals surface area contributed by atoms with Crippen LogP contribution in [-0.2, 0) is 0 Å². The molecule has 4 aromatic heterocycles. The van der Waals surface area contributed by atoms with Crippen LogP contribution < -0.4 is 10.6 Å². The first-order valence-electron chi connectivity index (χ1n) is 11.8. The number of nitriles is 1. The topological polar surface area (TPSA) is 117 Å². The van der Waals surface area contributed by atoms with E-state index in [0.717, 1.165) is 39.2 Å². The standard InChI is InChI=1S/C26H17N9.C2H6/c27-14-17-1-6-23-22(13-17)24(9-12-29-23)32-19-4-2-18(3-5-19)25-33-26-30-15-21(16-35(26)34-25)31-20-7-10-28-11-8-20;1-2/h1-13,15-16H,(H,28,31)(H,29,32);1-2H3. The summed E-state index contributed by atoms with van der Waals surface area (Å²) in [6, 6.07) is 21.1. The Balaban J connectivity index is 0.00000137. The van der Waals surface area contributed by atoms with E-state index in [1.807, 2.05) is 74.6 Å². The van der Waals surface area contributed by atoms with Gasteiger partial charge in [0.15, 0.2) is 5.82 Å². The van der Waals surface area contributed by atoms with Gasteiger partial charge < -0.3 is 10.6 Å². The van der Waals surface area contributed by atoms with E-state index in [1.54, 1.807) is 35.4 Å². The molecule has 0 bridgehead atoms. The lowest BCUT2D eigenvalue weighted by molar-refractivity contribution is 0.944. The van der Waals surface area contributed by atoms with E-state index >= 15 is 0 Å². The number of benzene rings is 2. The Labute approximate surface area is 213 Å². The Kier molecular flexibility index (Phi) is 6.63. The molecule has 9 heteroatoms. The third kappa shape index (κ3) is 5.04. The van der Waals surface area contributed by atoms with Crippen molar-refractivity contribution in [1.82, 2.24) is 29.5 Å². The maximum Gasteiger partial charge on any atom is 0.252 e. The molecule has 0 saturated carbocycles. The Morgan fingerprint density at radius 2 is 1.59 bits per heavy atom. The van der Waals surface area contributed by atoms with Gasteiger partial charge in [0, 0.05) is 46.6 Å². The van der Waals surface area contributed by atoms with E-state index in [0.29, 0.717) is 17.2 Å². The van der Waals surface area contributed by atoms with Gasteiger partial charge in [0.25, 0.3) is 5.78 Å². The molecule has 37 heavy (non-hydrogen) atoms. The molecular formula is C28H23N9. The first kappa shape index (κ1) is 23.4. The van der Waals surface area contributed by atoms with E-state index in [4.69, 9.17) is 0 Å². The molecule has 180 valence electrons. The number of pyridine rings is 2. The van der Waals surface area contributed by atoms with Crippen LogP contribution in [-0.4, -0.2) is 29.5 Å². The fourth-order valence-corrected chi connectivity index (χ4v) is 3.75. The average molecular weight is 486 g/mol. The summed E-state index contributed by atoms with van der Waals surface area (Å²) in [6.07, 6.45) is 8.76. The van der Waals surface area contributed by atoms with Crippen LogP contribution in [0.5, 0.6) is 0 Å². The normalized spacial score (nSPS) is 10.4. The molecule has 0 aliphatic carbocycles. The van der Waals surface area contributed by atoms with E-state index in [9.17, 15) is 5.26 Å². The smallest absolute Gasteiger partial charge is 0.252 e. The van der Waals surface area contributed by atoms with Crippen LogP contribution in [0.2, 0.25) is 0 Å². The van der Waals surface area contributed by atoms with Gasteiger partial charge in [0.05, 0.1) is 35.2 Å². The molecular weight excluding hydrogens is 462 g/mol. The van der Waals surface area contributed by atoms with Gasteiger partial charge in [-0.05, 0) is 60.7 Å². The van der Waals surface area contributed by atoms with E-state index in [-0.39, 0.29) is 0 Å². The molecule has 0 atom stereocenters. The van der Waals surface area contributed by atoms with E-state index in [2.05, 4.69) is 41.7 Å². The molecule has 0 saturated heterocycles. The summed E-state index contributed by atoms with van der Waals surface area (Å²) in [5.41, 5.74) is 5.77. The predicted octanol–water partition coefficient (Wildman–Crippen LogP) is 6.12. The van der Waals surface area contributed by atoms with Crippen molar-refractivity contribution in [1.29, 1.82) is 5.26 Å². The van der Waals surface area contributed by atoms with Crippen LogP contribution >= 0.6 is 0 Å². The molecule has 0 radical (unpaired) electrons. The molecule has 4 heterocycles. The van der Waals surface area contributed by atoms with Crippen LogP contribution in [0.25, 0.3) is 28.1 Å². The highest BCUT2D eigenvalue weighted by Gasteiger charge is 2.09. The molecule has 0 aliphatic heterocycles. The number of nitrogens with one attached hydrogen (secondary N) is 2. The third-order valence-corrected chi connectivity index (χ3v) is 5.46. The third-order valence-electron chi connectivity index (χ3n) is 5.46. The van der Waals surface area contributed by atoms with Gasteiger partial charge in [0.2, 0.25) is 0 Å². The second kappa shape index (κ2) is 10.5. The van der Waals surface area contributed by atoms with Gasteiger partial charge in [-0.15, -0.1) is 5.10 Å². The predicted molar refractivity (Wildman–Crippen MR) is 145 cm³/mol. The Bertz CT molecular complexity index is 1700. The number of anilines is 4. The van der Waals surface area contributed by atoms with Gasteiger partial charge in [0.1, 0.15) is 0 Å². The Morgan fingerprint density at radius 1 is 0.811 bits per heavy atom. The van der Waals surface area contributed by atoms with Gasteiger partial charge in [-0.1, -0.05) is 13.8 Å². The zero-order valence-electron chi connectivity index (χ0n) is 20.3. The van der Waals surface area contributed by atoms with E-state index < -0.39 is 0 Å². The van der Waals surface area contributed by atoms with Gasteiger partial charge >= 0.3 is 0 Å². The highest BCUT2D eigenvalue weighted by atomic mass is 15.3. The molecule has 9 nitrogen and oxygen atoms in total. The first-order chi connectivity index (χ1) is 18.2. The molecule has 2 aromatic carbocycles. The number of aromatic nitrogens is 6. The SMILES string of the molecule is CC.N#Cc1ccc2nccc(Nc3ccc(-c4nc5ncc(Nc6ccncc6)cn5n4)cc3)c2c1. The molecule has 0 amide bonds. The van der Waals surface area contributed by atoms with Crippen molar-refractivity contribution in [2.45, 2.75) is 13.8 Å². The number of nitrogens with zero attached hydrogens (tertiary/aromatic N) is 7. The Hall–Kier alpha value is -5.36. The lowest BCUT2D eigenvalue weighted by atomic mass is 10.1. The lowest BCUT2D eigenvalue weighted by Crippen LogP contribution is -1.96. The highest BCUT2D eigenvalue weighted by Crippen LogP contribution is 2.27. The maximum absolute atomic E-state index is 9.24. The van der Waals surface area contributed by atoms with Crippen molar-refractivity contribution in [2.24, 2.45) is 0 Å². The molecule has 0 unspecified atom stereocenters. The second-order valence-electron chi connectivity index (χ2n) is 7.79. The summed E-state index contributed by atoms with van der Waals surface area (Å²) >= 11 is 0. The average Bonchev–Trinajstić information content (AvgIpc) is 3.38. The van der Waals surface area contributed by atoms with Crippen LogP contribution in [0.1, 0.15) is 19.4 Å². The number of rotatable bonds is 5. The van der Waals surface area contributed by atoms with E-state index in [1.165, 1.54) is 0 Å². The van der Waals surface area contributed by atoms with Gasteiger partial charge in [-0.3, -0.25) is 9.97 Å². The van der Waals surface area contributed by atoms with Crippen molar-refractivity contribution >= 4 is 39.4 Å². The minimum Gasteiger partial charge on any atom is -0.355 e. The van der Waals surface area contributed by atoms with Crippen molar-refractivity contribution < 1.29 is 0 Å². The maximum atomic E-state index is 9.24. The Morgan fingerprint density at radius 3 is 2.38 bits per heavy atom. The van der Waals surface area contributed by atoms with Crippen molar-refractivity contribution in [3.05, 3.63) is 97.2 Å². The van der Waals surface area contributed by atoms with Crippen molar-refractivity contribution in [3.8, 4) is 17.5 Å². The summed E-state index contributed by atoms with van der Waals surface area (Å²) in [5.74, 6) is 1.09. The second-order valence-corrected chi connectivity index (χ2v) is 7.79. The summed E-state index contributed by atoms with van der Waals surface area (Å²) in [5, 5.41) is 21.4. The molecule has 2 N–H and O–H groups in total. The molecule has 0 fully saturated rings. The molecule has 0 spiro atoms. The summed E-state index contributed by atoms with van der Waals surface area (Å²) in [6.45, 7) is 4.00. The lowest BCUT2D eigenvalue weighted by Gasteiger charge is -2.10. The molecule has 6 rings (SSSR count). The van der Waals surface area contributed by atoms with Crippen LogP contribution in [0.15, 0.2) is 91.6 Å². The van der Waals surface area contributed by atoms with Gasteiger partial charge in [-0.2, -0.15) is 10.2 Å². The number of fused-ring (bicyclic) bond motifs is 2. The number of hydrogen-bond donors (Lipinski definition) is 2. The van der Waals surface area contributed by atoms with Crippen LogP contribution in [0, 0.1) is 11.3 Å². The highest BCUT2D eigenvalue weighted by molar-refractivity contribution is 5.93. The minimum atomic E-state index is 0.513. The quantitative estimate of drug-likeness (QED) is 0.300. The zero-order chi connectivity index (χ0) is 25.6. The fraction of sp³-hybridized carbons (Fsp3) is 0.0714. The molecule has 0 aliphatic rings. The number of hydrogen-bond acceptors (Lipinski definition) is 8. The van der Waals surface area contributed by atoms with Crippen LogP contribution in [0.4, 0.5) is 22.7 Å². The minimum absolute atomic E-state index is 0.513. The van der Waals surface area contributed by atoms with Crippen LogP contribution in [0.3, 0.4) is 0 Å². The fourth-order valence-electron chi connectivity index (χ4n) is 3.75. The van der Waals surface area contributed by atoms with Crippen molar-refractivity contribution in [3.63, 3.8) is 0 Å².